The second kappa shape index (κ2) is 6.37. The molecule has 2 aromatic carbocycles. The molecule has 7 heteroatoms. The molecule has 0 unspecified atom stereocenters. The van der Waals surface area contributed by atoms with Gasteiger partial charge in [0.1, 0.15) is 5.75 Å². The van der Waals surface area contributed by atoms with Crippen LogP contribution in [0.4, 0.5) is 10.8 Å². The van der Waals surface area contributed by atoms with Crippen LogP contribution in [0, 0.1) is 0 Å². The van der Waals surface area contributed by atoms with Crippen molar-refractivity contribution < 1.29 is 4.74 Å². The second-order valence-electron chi connectivity index (χ2n) is 6.11. The first-order valence-corrected chi connectivity index (χ1v) is 9.20. The van der Waals surface area contributed by atoms with Crippen molar-refractivity contribution in [2.24, 2.45) is 0 Å². The summed E-state index contributed by atoms with van der Waals surface area (Å²) in [5.41, 5.74) is 5.04. The first kappa shape index (κ1) is 15.8. The highest BCUT2D eigenvalue weighted by molar-refractivity contribution is 7.22. The maximum absolute atomic E-state index is 5.27. The number of benzene rings is 2. The van der Waals surface area contributed by atoms with E-state index in [1.807, 2.05) is 42.7 Å². The molecule has 5 rings (SSSR count). The van der Waals surface area contributed by atoms with Gasteiger partial charge >= 0.3 is 0 Å². The molecule has 0 radical (unpaired) electrons. The van der Waals surface area contributed by atoms with Crippen molar-refractivity contribution in [1.82, 2.24) is 20.2 Å². The smallest absolute Gasteiger partial charge is 0.188 e. The highest BCUT2D eigenvalue weighted by Gasteiger charge is 2.08. The van der Waals surface area contributed by atoms with Gasteiger partial charge in [-0.3, -0.25) is 10.1 Å². The maximum Gasteiger partial charge on any atom is 0.188 e. The molecule has 0 aliphatic rings. The van der Waals surface area contributed by atoms with E-state index in [0.29, 0.717) is 0 Å². The summed E-state index contributed by atoms with van der Waals surface area (Å²) < 4.78 is 6.38. The molecule has 0 saturated heterocycles. The van der Waals surface area contributed by atoms with Gasteiger partial charge in [0.15, 0.2) is 5.13 Å². The zero-order valence-electron chi connectivity index (χ0n) is 14.4. The molecule has 0 aliphatic heterocycles. The molecule has 0 amide bonds. The Hall–Kier alpha value is -3.45. The zero-order chi connectivity index (χ0) is 18.2. The number of aromatic amines is 1. The number of rotatable bonds is 4. The third-order valence-electron chi connectivity index (χ3n) is 4.36. The summed E-state index contributed by atoms with van der Waals surface area (Å²) in [6.07, 6.45) is 5.35. The van der Waals surface area contributed by atoms with Crippen molar-refractivity contribution in [3.05, 3.63) is 61.1 Å². The van der Waals surface area contributed by atoms with Gasteiger partial charge in [0.05, 0.1) is 35.2 Å². The van der Waals surface area contributed by atoms with E-state index < -0.39 is 0 Å². The Morgan fingerprint density at radius 1 is 1.00 bits per heavy atom. The Balaban J connectivity index is 1.47. The topological polar surface area (TPSA) is 75.7 Å². The van der Waals surface area contributed by atoms with Crippen molar-refractivity contribution in [2.75, 3.05) is 12.4 Å². The molecule has 0 aliphatic carbocycles. The summed E-state index contributed by atoms with van der Waals surface area (Å²) >= 11 is 1.62. The molecular weight excluding hydrogens is 358 g/mol. The Morgan fingerprint density at radius 3 is 2.89 bits per heavy atom. The largest absolute Gasteiger partial charge is 0.495 e. The predicted octanol–water partition coefficient (Wildman–Crippen LogP) is 4.99. The number of hydrogen-bond acceptors (Lipinski definition) is 6. The van der Waals surface area contributed by atoms with Crippen molar-refractivity contribution in [2.45, 2.75) is 0 Å². The Morgan fingerprint density at radius 2 is 1.96 bits per heavy atom. The molecule has 0 saturated carbocycles. The third-order valence-corrected chi connectivity index (χ3v) is 5.30. The van der Waals surface area contributed by atoms with E-state index in [-0.39, 0.29) is 0 Å². The molecule has 6 nitrogen and oxygen atoms in total. The van der Waals surface area contributed by atoms with Crippen LogP contribution in [0.25, 0.3) is 32.2 Å². The molecule has 0 bridgehead atoms. The van der Waals surface area contributed by atoms with Crippen molar-refractivity contribution >= 4 is 43.3 Å². The van der Waals surface area contributed by atoms with Crippen molar-refractivity contribution in [3.63, 3.8) is 0 Å². The van der Waals surface area contributed by atoms with Crippen LogP contribution in [-0.2, 0) is 0 Å². The molecule has 132 valence electrons. The van der Waals surface area contributed by atoms with Crippen LogP contribution in [0.15, 0.2) is 61.1 Å². The maximum atomic E-state index is 5.27. The first-order valence-electron chi connectivity index (χ1n) is 8.39. The summed E-state index contributed by atoms with van der Waals surface area (Å²) in [6, 6.07) is 14.3. The second-order valence-corrected chi connectivity index (χ2v) is 7.14. The summed E-state index contributed by atoms with van der Waals surface area (Å²) in [6.45, 7) is 0. The summed E-state index contributed by atoms with van der Waals surface area (Å²) in [5, 5.41) is 12.4. The molecule has 0 spiro atoms. The van der Waals surface area contributed by atoms with Gasteiger partial charge < -0.3 is 10.1 Å². The fraction of sp³-hybridized carbons (Fsp3) is 0.0500. The number of nitrogens with zero attached hydrogens (tertiary/aromatic N) is 3. The third kappa shape index (κ3) is 2.98. The van der Waals surface area contributed by atoms with Gasteiger partial charge in [-0.15, -0.1) is 0 Å². The van der Waals surface area contributed by atoms with Crippen LogP contribution in [0.3, 0.4) is 0 Å². The molecule has 27 heavy (non-hydrogen) atoms. The number of thiazole rings is 1. The quantitative estimate of drug-likeness (QED) is 0.464. The van der Waals surface area contributed by atoms with Gasteiger partial charge in [0.2, 0.25) is 0 Å². The summed E-state index contributed by atoms with van der Waals surface area (Å²) in [4.78, 5) is 8.92. The van der Waals surface area contributed by atoms with Crippen molar-refractivity contribution in [1.29, 1.82) is 0 Å². The van der Waals surface area contributed by atoms with Gasteiger partial charge in [-0.1, -0.05) is 17.4 Å². The van der Waals surface area contributed by atoms with Crippen LogP contribution >= 0.6 is 11.3 Å². The Labute approximate surface area is 158 Å². The number of ether oxygens (including phenoxy) is 1. The molecule has 5 aromatic rings. The van der Waals surface area contributed by atoms with Gasteiger partial charge in [0, 0.05) is 22.8 Å². The number of anilines is 2. The van der Waals surface area contributed by atoms with Crippen LogP contribution in [0.2, 0.25) is 0 Å². The number of hydrogen-bond donors (Lipinski definition) is 2. The lowest BCUT2D eigenvalue weighted by molar-refractivity contribution is 0.413. The lowest BCUT2D eigenvalue weighted by Gasteiger charge is -2.03. The minimum Gasteiger partial charge on any atom is -0.495 e. The normalized spacial score (nSPS) is 11.1. The molecular formula is C20H15N5OS. The SMILES string of the molecule is COc1cncc(-c2ccc3nc(Nc4ccc5cn[nH]c5c4)sc3c2)c1. The number of pyridine rings is 1. The van der Waals surface area contributed by atoms with Gasteiger partial charge in [-0.2, -0.15) is 5.10 Å². The molecule has 3 aromatic heterocycles. The van der Waals surface area contributed by atoms with E-state index in [2.05, 4.69) is 37.6 Å². The number of fused-ring (bicyclic) bond motifs is 2. The fourth-order valence-electron chi connectivity index (χ4n) is 2.98. The van der Waals surface area contributed by atoms with E-state index in [4.69, 9.17) is 4.74 Å². The Kier molecular flexibility index (Phi) is 3.72. The standard InChI is InChI=1S/C20H15N5OS/c1-26-16-6-14(9-21-11-16)12-3-5-17-19(7-12)27-20(24-17)23-15-4-2-13-10-22-25-18(13)8-15/h2-11H,1H3,(H,22,25)(H,23,24). The molecule has 2 N–H and O–H groups in total. The lowest BCUT2D eigenvalue weighted by atomic mass is 10.1. The van der Waals surface area contributed by atoms with Crippen LogP contribution < -0.4 is 10.1 Å². The monoisotopic (exact) mass is 373 g/mol. The highest BCUT2D eigenvalue weighted by atomic mass is 32.1. The van der Waals surface area contributed by atoms with E-state index >= 15 is 0 Å². The summed E-state index contributed by atoms with van der Waals surface area (Å²) in [7, 11) is 1.64. The average Bonchev–Trinajstić information content (AvgIpc) is 3.33. The number of aromatic nitrogens is 4. The number of nitrogens with one attached hydrogen (secondary N) is 2. The minimum atomic E-state index is 0.744. The van der Waals surface area contributed by atoms with E-state index in [0.717, 1.165) is 48.8 Å². The first-order chi connectivity index (χ1) is 13.3. The van der Waals surface area contributed by atoms with Crippen LogP contribution in [0.5, 0.6) is 5.75 Å². The van der Waals surface area contributed by atoms with Crippen molar-refractivity contribution in [3.8, 4) is 16.9 Å². The fourth-order valence-corrected chi connectivity index (χ4v) is 3.91. The molecule has 3 heterocycles. The van der Waals surface area contributed by atoms with Gasteiger partial charge in [-0.25, -0.2) is 4.98 Å². The highest BCUT2D eigenvalue weighted by Crippen LogP contribution is 2.33. The van der Waals surface area contributed by atoms with E-state index in [9.17, 15) is 0 Å². The Bertz CT molecular complexity index is 1260. The predicted molar refractivity (Wildman–Crippen MR) is 109 cm³/mol. The minimum absolute atomic E-state index is 0.744. The van der Waals surface area contributed by atoms with Crippen LogP contribution in [-0.4, -0.2) is 27.3 Å². The van der Waals surface area contributed by atoms with E-state index in [1.54, 1.807) is 24.6 Å². The summed E-state index contributed by atoms with van der Waals surface area (Å²) in [5.74, 6) is 0.744. The number of methoxy groups -OCH3 is 1. The van der Waals surface area contributed by atoms with E-state index in [1.165, 1.54) is 0 Å². The van der Waals surface area contributed by atoms with Gasteiger partial charge in [-0.05, 0) is 42.0 Å². The van der Waals surface area contributed by atoms with Gasteiger partial charge in [0.25, 0.3) is 0 Å². The number of H-pyrrole nitrogens is 1. The lowest BCUT2D eigenvalue weighted by Crippen LogP contribution is -1.88. The zero-order valence-corrected chi connectivity index (χ0v) is 15.2. The van der Waals surface area contributed by atoms with Crippen LogP contribution in [0.1, 0.15) is 0 Å². The average molecular weight is 373 g/mol. The molecule has 0 atom stereocenters. The molecule has 0 fully saturated rings.